The van der Waals surface area contributed by atoms with Crippen LogP contribution in [0.5, 0.6) is 5.88 Å². The first-order chi connectivity index (χ1) is 9.25. The van der Waals surface area contributed by atoms with E-state index in [0.29, 0.717) is 5.88 Å². The maximum atomic E-state index is 6.14. The Labute approximate surface area is 122 Å². The minimum atomic E-state index is 0.121. The lowest BCUT2D eigenvalue weighted by molar-refractivity contribution is 0.174. The normalized spacial score (nSPS) is 17.9. The Morgan fingerprint density at radius 3 is 3.00 bits per heavy atom. The summed E-state index contributed by atoms with van der Waals surface area (Å²) in [5.74, 6) is 0.696. The van der Waals surface area contributed by atoms with E-state index in [0.717, 1.165) is 22.9 Å². The zero-order chi connectivity index (χ0) is 13.2. The Bertz CT molecular complexity index is 597. The molecule has 1 atom stereocenters. The number of ether oxygens (including phenoxy) is 1. The van der Waals surface area contributed by atoms with Crippen LogP contribution in [0.2, 0.25) is 0 Å². The van der Waals surface area contributed by atoms with Crippen molar-refractivity contribution in [1.82, 2.24) is 4.98 Å². The van der Waals surface area contributed by atoms with Crippen molar-refractivity contribution in [3.8, 4) is 5.88 Å². The molecule has 1 aromatic heterocycles. The van der Waals surface area contributed by atoms with Gasteiger partial charge in [0.15, 0.2) is 0 Å². The number of benzene rings is 1. The second kappa shape index (κ2) is 5.33. The highest BCUT2D eigenvalue weighted by atomic mass is 79.9. The Hall–Kier alpha value is -1.35. The van der Waals surface area contributed by atoms with E-state index in [4.69, 9.17) is 4.74 Å². The average molecular weight is 318 g/mol. The Balaban J connectivity index is 1.91. The van der Waals surface area contributed by atoms with Gasteiger partial charge >= 0.3 is 0 Å². The molecule has 0 saturated heterocycles. The van der Waals surface area contributed by atoms with Crippen LogP contribution >= 0.6 is 15.9 Å². The van der Waals surface area contributed by atoms with Crippen molar-refractivity contribution in [1.29, 1.82) is 0 Å². The van der Waals surface area contributed by atoms with Crippen LogP contribution in [0.15, 0.2) is 41.0 Å². The van der Waals surface area contributed by atoms with Crippen LogP contribution < -0.4 is 4.74 Å². The molecule has 1 heterocycles. The number of aromatic nitrogens is 1. The molecular formula is C16H16BrNO. The number of hydrogen-bond acceptors (Lipinski definition) is 2. The highest BCUT2D eigenvalue weighted by molar-refractivity contribution is 9.10. The summed E-state index contributed by atoms with van der Waals surface area (Å²) in [5, 5.41) is 0. The van der Waals surface area contributed by atoms with Crippen molar-refractivity contribution in [2.24, 2.45) is 0 Å². The molecule has 0 bridgehead atoms. The maximum absolute atomic E-state index is 6.14. The third-order valence-electron chi connectivity index (χ3n) is 3.62. The van der Waals surface area contributed by atoms with Crippen LogP contribution in [-0.4, -0.2) is 4.98 Å². The van der Waals surface area contributed by atoms with Crippen molar-refractivity contribution >= 4 is 15.9 Å². The molecule has 3 heteroatoms. The monoisotopic (exact) mass is 317 g/mol. The van der Waals surface area contributed by atoms with E-state index in [1.807, 2.05) is 13.0 Å². The third kappa shape index (κ3) is 2.52. The van der Waals surface area contributed by atoms with E-state index in [1.165, 1.54) is 17.5 Å². The number of rotatable bonds is 2. The highest BCUT2D eigenvalue weighted by Crippen LogP contribution is 2.35. The first-order valence-corrected chi connectivity index (χ1v) is 7.40. The fraction of sp³-hybridized carbons (Fsp3) is 0.312. The molecule has 0 spiro atoms. The summed E-state index contributed by atoms with van der Waals surface area (Å²) >= 11 is 3.56. The second-order valence-corrected chi connectivity index (χ2v) is 5.74. The zero-order valence-electron chi connectivity index (χ0n) is 10.9. The molecule has 19 heavy (non-hydrogen) atoms. The van der Waals surface area contributed by atoms with Gasteiger partial charge in [-0.3, -0.25) is 0 Å². The number of nitrogens with zero attached hydrogens (tertiary/aromatic N) is 1. The molecule has 0 amide bonds. The van der Waals surface area contributed by atoms with E-state index in [-0.39, 0.29) is 6.10 Å². The average Bonchev–Trinajstić information content (AvgIpc) is 2.44. The number of fused-ring (bicyclic) bond motifs is 1. The molecule has 0 fully saturated rings. The second-order valence-electron chi connectivity index (χ2n) is 4.94. The molecule has 1 aromatic carbocycles. The van der Waals surface area contributed by atoms with Gasteiger partial charge in [0.05, 0.1) is 4.47 Å². The lowest BCUT2D eigenvalue weighted by atomic mass is 9.89. The molecule has 3 rings (SSSR count). The summed E-state index contributed by atoms with van der Waals surface area (Å²) in [5.41, 5.74) is 3.86. The topological polar surface area (TPSA) is 22.1 Å². The quantitative estimate of drug-likeness (QED) is 0.807. The molecule has 98 valence electrons. The molecule has 0 aliphatic heterocycles. The molecule has 2 nitrogen and oxygen atoms in total. The SMILES string of the molecule is Cc1ccnc(OC2CCCc3ccccc32)c1Br. The Kier molecular flexibility index (Phi) is 3.56. The van der Waals surface area contributed by atoms with E-state index >= 15 is 0 Å². The van der Waals surface area contributed by atoms with E-state index in [2.05, 4.69) is 45.2 Å². The summed E-state index contributed by atoms with van der Waals surface area (Å²) in [6.45, 7) is 2.05. The van der Waals surface area contributed by atoms with Crippen LogP contribution in [0.4, 0.5) is 0 Å². The fourth-order valence-electron chi connectivity index (χ4n) is 2.56. The zero-order valence-corrected chi connectivity index (χ0v) is 12.5. The van der Waals surface area contributed by atoms with Gasteiger partial charge in [0.1, 0.15) is 6.10 Å². The predicted molar refractivity (Wildman–Crippen MR) is 79.4 cm³/mol. The van der Waals surface area contributed by atoms with E-state index in [1.54, 1.807) is 6.20 Å². The largest absolute Gasteiger partial charge is 0.469 e. The van der Waals surface area contributed by atoms with Crippen molar-refractivity contribution in [2.45, 2.75) is 32.3 Å². The van der Waals surface area contributed by atoms with Crippen LogP contribution in [0, 0.1) is 6.92 Å². The molecule has 0 N–H and O–H groups in total. The third-order valence-corrected chi connectivity index (χ3v) is 4.58. The number of halogens is 1. The first-order valence-electron chi connectivity index (χ1n) is 6.61. The van der Waals surface area contributed by atoms with Crippen molar-refractivity contribution in [2.75, 3.05) is 0 Å². The molecule has 0 radical (unpaired) electrons. The van der Waals surface area contributed by atoms with E-state index < -0.39 is 0 Å². The first kappa shape index (κ1) is 12.7. The van der Waals surface area contributed by atoms with Gasteiger partial charge in [-0.1, -0.05) is 24.3 Å². The number of pyridine rings is 1. The van der Waals surface area contributed by atoms with E-state index in [9.17, 15) is 0 Å². The minimum Gasteiger partial charge on any atom is -0.469 e. The lowest BCUT2D eigenvalue weighted by Crippen LogP contribution is -2.15. The lowest BCUT2D eigenvalue weighted by Gasteiger charge is -2.26. The molecule has 2 aromatic rings. The van der Waals surface area contributed by atoms with Gasteiger partial charge in [-0.05, 0) is 64.9 Å². The van der Waals surface area contributed by atoms with Gasteiger partial charge < -0.3 is 4.74 Å². The minimum absolute atomic E-state index is 0.121. The summed E-state index contributed by atoms with van der Waals surface area (Å²) < 4.78 is 7.09. The molecule has 1 aliphatic rings. The van der Waals surface area contributed by atoms with Gasteiger partial charge in [-0.2, -0.15) is 0 Å². The molecule has 0 saturated carbocycles. The smallest absolute Gasteiger partial charge is 0.228 e. The summed E-state index contributed by atoms with van der Waals surface area (Å²) in [6, 6.07) is 10.5. The predicted octanol–water partition coefficient (Wildman–Crippen LogP) is 4.61. The van der Waals surface area contributed by atoms with Gasteiger partial charge in [0.2, 0.25) is 5.88 Å². The molecular weight excluding hydrogens is 302 g/mol. The summed E-state index contributed by atoms with van der Waals surface area (Å²) in [6.07, 6.45) is 5.29. The van der Waals surface area contributed by atoms with Gasteiger partial charge in [0, 0.05) is 6.20 Å². The van der Waals surface area contributed by atoms with Gasteiger partial charge in [-0.15, -0.1) is 0 Å². The standard InChI is InChI=1S/C16H16BrNO/c1-11-9-10-18-16(15(11)17)19-14-8-4-6-12-5-2-3-7-13(12)14/h2-3,5,7,9-10,14H,4,6,8H2,1H3. The maximum Gasteiger partial charge on any atom is 0.228 e. The fourth-order valence-corrected chi connectivity index (χ4v) is 2.89. The van der Waals surface area contributed by atoms with Crippen molar-refractivity contribution < 1.29 is 4.74 Å². The van der Waals surface area contributed by atoms with Crippen LogP contribution in [0.25, 0.3) is 0 Å². The van der Waals surface area contributed by atoms with Crippen LogP contribution in [0.3, 0.4) is 0 Å². The summed E-state index contributed by atoms with van der Waals surface area (Å²) in [7, 11) is 0. The Morgan fingerprint density at radius 1 is 1.26 bits per heavy atom. The highest BCUT2D eigenvalue weighted by Gasteiger charge is 2.22. The van der Waals surface area contributed by atoms with Crippen molar-refractivity contribution in [3.05, 3.63) is 57.7 Å². The number of hydrogen-bond donors (Lipinski definition) is 0. The molecule has 1 aliphatic carbocycles. The summed E-state index contributed by atoms with van der Waals surface area (Å²) in [4.78, 5) is 4.34. The van der Waals surface area contributed by atoms with Crippen LogP contribution in [0.1, 0.15) is 35.6 Å². The van der Waals surface area contributed by atoms with Gasteiger partial charge in [-0.25, -0.2) is 4.98 Å². The molecule has 1 unspecified atom stereocenters. The van der Waals surface area contributed by atoms with Gasteiger partial charge in [0.25, 0.3) is 0 Å². The van der Waals surface area contributed by atoms with Crippen LogP contribution in [-0.2, 0) is 6.42 Å². The Morgan fingerprint density at radius 2 is 2.11 bits per heavy atom. The van der Waals surface area contributed by atoms with Crippen molar-refractivity contribution in [3.63, 3.8) is 0 Å². The number of aryl methyl sites for hydroxylation is 2.